The predicted octanol–water partition coefficient (Wildman–Crippen LogP) is 2.40. The molecular weight excluding hydrogens is 192 g/mol. The summed E-state index contributed by atoms with van der Waals surface area (Å²) in [4.78, 5) is 3.43. The van der Waals surface area contributed by atoms with Gasteiger partial charge < -0.3 is 4.57 Å². The number of hydrogen-bond donors (Lipinski definition) is 0. The van der Waals surface area contributed by atoms with Crippen molar-refractivity contribution in [3.8, 4) is 0 Å². The minimum absolute atomic E-state index is 0.129. The van der Waals surface area contributed by atoms with Crippen molar-refractivity contribution in [2.75, 3.05) is 0 Å². The standard InChI is InChI=1S/C7H11BrN2/c1-7(2,3)10-4-6(8)9-5-10/h4-5H,1-3H3/i1D3,2D3,3D3,4D,5D. The molecule has 0 amide bonds. The molecule has 10 heavy (non-hydrogen) atoms. The summed E-state index contributed by atoms with van der Waals surface area (Å²) in [6.45, 7) is -10.6. The largest absolute Gasteiger partial charge is 0.331 e. The fraction of sp³-hybridized carbons (Fsp3) is 0.571. The van der Waals surface area contributed by atoms with E-state index >= 15 is 0 Å². The van der Waals surface area contributed by atoms with E-state index in [2.05, 4.69) is 20.9 Å². The van der Waals surface area contributed by atoms with Crippen LogP contribution in [0.2, 0.25) is 0 Å². The highest BCUT2D eigenvalue weighted by Crippen LogP contribution is 2.15. The maximum atomic E-state index is 7.70. The van der Waals surface area contributed by atoms with E-state index in [0.717, 1.165) is 0 Å². The number of halogens is 1. The third-order valence-electron chi connectivity index (χ3n) is 0.788. The molecule has 1 heterocycles. The van der Waals surface area contributed by atoms with Crippen molar-refractivity contribution >= 4 is 15.9 Å². The SMILES string of the molecule is [2H]c1nc(Br)c([2H])n1C(C([2H])([2H])[2H])(C([2H])([2H])[2H])C([2H])([2H])[2H]. The van der Waals surface area contributed by atoms with Crippen LogP contribution in [0.15, 0.2) is 17.1 Å². The highest BCUT2D eigenvalue weighted by molar-refractivity contribution is 9.10. The van der Waals surface area contributed by atoms with Crippen molar-refractivity contribution in [1.82, 2.24) is 9.55 Å². The highest BCUT2D eigenvalue weighted by atomic mass is 79.9. The lowest BCUT2D eigenvalue weighted by molar-refractivity contribution is 0.396. The molecule has 1 aromatic rings. The molecule has 0 aromatic carbocycles. The Morgan fingerprint density at radius 3 is 2.90 bits per heavy atom. The molecule has 0 aliphatic rings. The quantitative estimate of drug-likeness (QED) is 0.648. The predicted molar refractivity (Wildman–Crippen MR) is 44.9 cm³/mol. The first-order valence-corrected chi connectivity index (χ1v) is 3.10. The van der Waals surface area contributed by atoms with Crippen LogP contribution in [-0.4, -0.2) is 9.55 Å². The van der Waals surface area contributed by atoms with Crippen molar-refractivity contribution in [2.24, 2.45) is 0 Å². The first kappa shape index (κ1) is 1.71. The molecule has 2 nitrogen and oxygen atoms in total. The zero-order chi connectivity index (χ0) is 17.0. The van der Waals surface area contributed by atoms with E-state index in [1.54, 1.807) is 0 Å². The molecule has 0 saturated carbocycles. The molecule has 0 N–H and O–H groups in total. The Labute approximate surface area is 84.9 Å². The van der Waals surface area contributed by atoms with Crippen LogP contribution in [-0.2, 0) is 5.54 Å². The first-order valence-electron chi connectivity index (χ1n) is 7.81. The Bertz CT molecular complexity index is 500. The normalized spacial score (nSPS) is 31.9. The summed E-state index contributed by atoms with van der Waals surface area (Å²) >= 11 is 2.77. The van der Waals surface area contributed by atoms with Gasteiger partial charge in [0.2, 0.25) is 0 Å². The molecule has 0 bridgehead atoms. The monoisotopic (exact) mass is 213 g/mol. The zero-order valence-electron chi connectivity index (χ0n) is 15.8. The van der Waals surface area contributed by atoms with Crippen molar-refractivity contribution in [3.63, 3.8) is 0 Å². The lowest BCUT2D eigenvalue weighted by atomic mass is 10.1. The van der Waals surface area contributed by atoms with E-state index in [1.807, 2.05) is 0 Å². The van der Waals surface area contributed by atoms with E-state index in [0.29, 0.717) is 0 Å². The Balaban J connectivity index is 4.01. The Kier molecular flexibility index (Phi) is 0.407. The number of rotatable bonds is 0. The summed E-state index contributed by atoms with van der Waals surface area (Å²) in [7, 11) is 0. The van der Waals surface area contributed by atoms with Gasteiger partial charge in [0.25, 0.3) is 0 Å². The molecule has 0 aliphatic carbocycles. The summed E-state index contributed by atoms with van der Waals surface area (Å²) in [6.07, 6.45) is -1.74. The van der Waals surface area contributed by atoms with Gasteiger partial charge in [-0.2, -0.15) is 0 Å². The fourth-order valence-electron chi connectivity index (χ4n) is 0.395. The summed E-state index contributed by atoms with van der Waals surface area (Å²) < 4.78 is 82.3. The summed E-state index contributed by atoms with van der Waals surface area (Å²) in [5.74, 6) is 0. The molecule has 1 aromatic heterocycles. The molecule has 0 aliphatic heterocycles. The second-order valence-corrected chi connectivity index (χ2v) is 2.41. The number of nitrogens with zero attached hydrogens (tertiary/aromatic N) is 2. The lowest BCUT2D eigenvalue weighted by Gasteiger charge is -2.19. The zero-order valence-corrected chi connectivity index (χ0v) is 6.36. The van der Waals surface area contributed by atoms with Crippen LogP contribution in [0, 0.1) is 0 Å². The molecule has 0 saturated heterocycles. The third-order valence-corrected chi connectivity index (χ3v) is 1.14. The van der Waals surface area contributed by atoms with Crippen molar-refractivity contribution < 1.29 is 15.1 Å². The second kappa shape index (κ2) is 2.38. The van der Waals surface area contributed by atoms with Crippen LogP contribution >= 0.6 is 15.9 Å². The maximum absolute atomic E-state index is 7.70. The Morgan fingerprint density at radius 2 is 2.50 bits per heavy atom. The molecule has 0 radical (unpaired) electrons. The molecule has 0 unspecified atom stereocenters. The number of imidazole rings is 1. The molecule has 0 atom stereocenters. The van der Waals surface area contributed by atoms with Crippen LogP contribution in [0.5, 0.6) is 0 Å². The van der Waals surface area contributed by atoms with E-state index in [4.69, 9.17) is 15.1 Å². The highest BCUT2D eigenvalue weighted by Gasteiger charge is 2.11. The number of hydrogen-bond acceptors (Lipinski definition) is 1. The van der Waals surface area contributed by atoms with Gasteiger partial charge in [-0.05, 0) is 36.5 Å². The average molecular weight is 214 g/mol. The molecule has 56 valence electrons. The fourth-order valence-corrected chi connectivity index (χ4v) is 0.652. The van der Waals surface area contributed by atoms with Crippen molar-refractivity contribution in [1.29, 1.82) is 0 Å². The molecule has 0 fully saturated rings. The molecule has 3 heteroatoms. The lowest BCUT2D eigenvalue weighted by Crippen LogP contribution is -2.19. The summed E-state index contributed by atoms with van der Waals surface area (Å²) in [5, 5.41) is 0. The Morgan fingerprint density at radius 1 is 1.80 bits per heavy atom. The van der Waals surface area contributed by atoms with Gasteiger partial charge in [-0.1, -0.05) is 0 Å². The van der Waals surface area contributed by atoms with Gasteiger partial charge >= 0.3 is 0 Å². The molecule has 1 rings (SSSR count). The maximum Gasteiger partial charge on any atom is 0.124 e. The van der Waals surface area contributed by atoms with Gasteiger partial charge in [0.05, 0.1) is 7.67 Å². The second-order valence-electron chi connectivity index (χ2n) is 1.66. The van der Waals surface area contributed by atoms with Crippen LogP contribution in [0.1, 0.15) is 35.6 Å². The summed E-state index contributed by atoms with van der Waals surface area (Å²) in [5.41, 5.74) is -3.44. The van der Waals surface area contributed by atoms with Crippen molar-refractivity contribution in [2.45, 2.75) is 26.1 Å². The van der Waals surface area contributed by atoms with Gasteiger partial charge in [0.1, 0.15) is 5.97 Å². The molecule has 0 spiro atoms. The van der Waals surface area contributed by atoms with Crippen LogP contribution in [0.25, 0.3) is 0 Å². The smallest absolute Gasteiger partial charge is 0.124 e. The van der Waals surface area contributed by atoms with Crippen LogP contribution < -0.4 is 0 Å². The van der Waals surface area contributed by atoms with Crippen LogP contribution in [0.4, 0.5) is 0 Å². The number of aromatic nitrogens is 2. The van der Waals surface area contributed by atoms with Crippen molar-refractivity contribution in [3.05, 3.63) is 17.1 Å². The van der Waals surface area contributed by atoms with Gasteiger partial charge in [-0.15, -0.1) is 0 Å². The first-order chi connectivity index (χ1) is 9.09. The average Bonchev–Trinajstić information content (AvgIpc) is 2.39. The molecular formula is C7H11BrN2. The van der Waals surface area contributed by atoms with E-state index in [-0.39, 0.29) is 9.17 Å². The van der Waals surface area contributed by atoms with Gasteiger partial charge in [-0.3, -0.25) is 0 Å². The van der Waals surface area contributed by atoms with Gasteiger partial charge in [0, 0.05) is 24.0 Å². The Hall–Kier alpha value is -0.310. The van der Waals surface area contributed by atoms with E-state index in [9.17, 15) is 0 Å². The van der Waals surface area contributed by atoms with Crippen LogP contribution in [0.3, 0.4) is 0 Å². The third kappa shape index (κ3) is 1.59. The van der Waals surface area contributed by atoms with Gasteiger partial charge in [-0.25, -0.2) is 4.98 Å². The summed E-state index contributed by atoms with van der Waals surface area (Å²) in [6, 6.07) is 0. The topological polar surface area (TPSA) is 17.8 Å². The van der Waals surface area contributed by atoms with E-state index in [1.165, 1.54) is 0 Å². The minimum atomic E-state index is -3.53. The van der Waals surface area contributed by atoms with E-state index < -0.39 is 38.6 Å². The van der Waals surface area contributed by atoms with Gasteiger partial charge in [0.15, 0.2) is 0 Å². The minimum Gasteiger partial charge on any atom is -0.331 e.